The van der Waals surface area contributed by atoms with E-state index >= 15 is 0 Å². The maximum absolute atomic E-state index is 11.8. The molecule has 4 N–H and O–H groups in total. The van der Waals surface area contributed by atoms with Crippen LogP contribution in [0.25, 0.3) is 5.70 Å². The third kappa shape index (κ3) is 2.56. The van der Waals surface area contributed by atoms with E-state index in [4.69, 9.17) is 5.84 Å². The van der Waals surface area contributed by atoms with E-state index in [-0.39, 0.29) is 5.54 Å². The van der Waals surface area contributed by atoms with Crippen molar-refractivity contribution in [2.24, 2.45) is 5.84 Å². The topological polar surface area (TPSA) is 84.2 Å². The largest absolute Gasteiger partial charge is 0.379 e. The Morgan fingerprint density at radius 3 is 2.67 bits per heavy atom. The van der Waals surface area contributed by atoms with Crippen molar-refractivity contribution >= 4 is 17.4 Å². The molecule has 2 aliphatic rings. The highest BCUT2D eigenvalue weighted by Crippen LogP contribution is 2.39. The van der Waals surface area contributed by atoms with Crippen LogP contribution in [0, 0.1) is 0 Å². The summed E-state index contributed by atoms with van der Waals surface area (Å²) in [5, 5.41) is 3.51. The van der Waals surface area contributed by atoms with Crippen LogP contribution in [-0.2, 0) is 16.0 Å². The lowest BCUT2D eigenvalue weighted by atomic mass is 9.82. The monoisotopic (exact) mass is 285 g/mol. The number of ketones is 1. The van der Waals surface area contributed by atoms with Crippen molar-refractivity contribution in [3.05, 3.63) is 41.5 Å². The summed E-state index contributed by atoms with van der Waals surface area (Å²) >= 11 is 0. The van der Waals surface area contributed by atoms with Gasteiger partial charge in [-0.1, -0.05) is 37.1 Å². The molecular weight excluding hydrogens is 266 g/mol. The van der Waals surface area contributed by atoms with Crippen molar-refractivity contribution in [3.63, 3.8) is 0 Å². The Labute approximate surface area is 123 Å². The van der Waals surface area contributed by atoms with Crippen LogP contribution < -0.4 is 16.6 Å². The van der Waals surface area contributed by atoms with Gasteiger partial charge in [0.2, 0.25) is 5.78 Å². The van der Waals surface area contributed by atoms with E-state index in [1.807, 2.05) is 23.6 Å². The third-order valence-corrected chi connectivity index (χ3v) is 4.43. The first-order chi connectivity index (χ1) is 10.1. The van der Waals surface area contributed by atoms with Crippen LogP contribution in [0.4, 0.5) is 0 Å². The Morgan fingerprint density at radius 2 is 1.95 bits per heavy atom. The second-order valence-corrected chi connectivity index (χ2v) is 5.84. The van der Waals surface area contributed by atoms with Crippen LogP contribution in [0.1, 0.15) is 36.8 Å². The molecule has 1 aromatic rings. The first-order valence-electron chi connectivity index (χ1n) is 7.27. The summed E-state index contributed by atoms with van der Waals surface area (Å²) in [5.41, 5.74) is 4.86. The minimum Gasteiger partial charge on any atom is -0.379 e. The number of rotatable bonds is 2. The predicted octanol–water partition coefficient (Wildman–Crippen LogP) is 1.04. The second kappa shape index (κ2) is 5.33. The molecule has 0 aromatic heterocycles. The normalized spacial score (nSPS) is 20.9. The minimum atomic E-state index is -0.798. The molecule has 1 fully saturated rings. The number of hydrazine groups is 1. The lowest BCUT2D eigenvalue weighted by molar-refractivity contribution is -0.135. The molecule has 0 atom stereocenters. The molecule has 0 saturated heterocycles. The van der Waals surface area contributed by atoms with E-state index in [1.54, 1.807) is 0 Å². The van der Waals surface area contributed by atoms with Gasteiger partial charge in [-0.25, -0.2) is 5.84 Å². The number of carbonyl (C=O) groups excluding carboxylic acids is 2. The number of fused-ring (bicyclic) bond motifs is 1. The SMILES string of the molecule is NNC(=O)C(=O)C=C1NC2(CCCC2)Cc2ccccc21. The Balaban J connectivity index is 2.00. The summed E-state index contributed by atoms with van der Waals surface area (Å²) in [4.78, 5) is 23.2. The summed E-state index contributed by atoms with van der Waals surface area (Å²) in [6.07, 6.45) is 6.91. The highest BCUT2D eigenvalue weighted by molar-refractivity contribution is 6.41. The van der Waals surface area contributed by atoms with Gasteiger partial charge in [-0.05, 0) is 24.8 Å². The quantitative estimate of drug-likeness (QED) is 0.249. The van der Waals surface area contributed by atoms with Crippen molar-refractivity contribution in [3.8, 4) is 0 Å². The molecule has 1 saturated carbocycles. The van der Waals surface area contributed by atoms with E-state index in [0.29, 0.717) is 0 Å². The fraction of sp³-hybridized carbons (Fsp3) is 0.375. The fourth-order valence-corrected chi connectivity index (χ4v) is 3.43. The van der Waals surface area contributed by atoms with E-state index in [1.165, 1.54) is 24.5 Å². The number of nitrogens with two attached hydrogens (primary N) is 1. The van der Waals surface area contributed by atoms with Gasteiger partial charge in [0.1, 0.15) is 0 Å². The molecule has 5 nitrogen and oxygen atoms in total. The van der Waals surface area contributed by atoms with E-state index in [0.717, 1.165) is 30.5 Å². The lowest BCUT2D eigenvalue weighted by Gasteiger charge is -2.38. The van der Waals surface area contributed by atoms with E-state index < -0.39 is 11.7 Å². The molecule has 1 aromatic carbocycles. The molecule has 110 valence electrons. The number of hydrogen-bond donors (Lipinski definition) is 3. The van der Waals surface area contributed by atoms with Crippen molar-refractivity contribution in [2.75, 3.05) is 0 Å². The summed E-state index contributed by atoms with van der Waals surface area (Å²) in [5.74, 6) is 3.59. The molecule has 1 amide bonds. The number of amides is 1. The number of nitrogens with one attached hydrogen (secondary N) is 2. The average Bonchev–Trinajstić information content (AvgIpc) is 2.94. The van der Waals surface area contributed by atoms with Crippen LogP contribution in [0.3, 0.4) is 0 Å². The van der Waals surface area contributed by atoms with Crippen molar-refractivity contribution in [1.82, 2.24) is 10.7 Å². The van der Waals surface area contributed by atoms with Gasteiger partial charge in [0.05, 0.1) is 0 Å². The molecule has 1 aliphatic heterocycles. The molecular formula is C16H19N3O2. The predicted molar refractivity (Wildman–Crippen MR) is 79.8 cm³/mol. The van der Waals surface area contributed by atoms with Crippen LogP contribution in [0.15, 0.2) is 30.3 Å². The van der Waals surface area contributed by atoms with Gasteiger partial charge in [-0.2, -0.15) is 0 Å². The van der Waals surface area contributed by atoms with Gasteiger partial charge in [-0.3, -0.25) is 15.0 Å². The fourth-order valence-electron chi connectivity index (χ4n) is 3.43. The summed E-state index contributed by atoms with van der Waals surface area (Å²) < 4.78 is 0. The molecule has 0 bridgehead atoms. The zero-order valence-corrected chi connectivity index (χ0v) is 11.8. The summed E-state index contributed by atoms with van der Waals surface area (Å²) in [6.45, 7) is 0. The van der Waals surface area contributed by atoms with Crippen LogP contribution >= 0.6 is 0 Å². The lowest BCUT2D eigenvalue weighted by Crippen LogP contribution is -2.47. The number of carbonyl (C=O) groups is 2. The van der Waals surface area contributed by atoms with Crippen molar-refractivity contribution in [1.29, 1.82) is 0 Å². The maximum Gasteiger partial charge on any atom is 0.305 e. The third-order valence-electron chi connectivity index (χ3n) is 4.43. The van der Waals surface area contributed by atoms with Crippen LogP contribution in [0.5, 0.6) is 0 Å². The standard InChI is InChI=1S/C16H19N3O2/c17-19-15(21)14(20)9-13-12-6-2-1-5-11(12)10-16(18-13)7-3-4-8-16/h1-2,5-6,9,18H,3-4,7-8,10,17H2,(H,19,21). The Bertz CT molecular complexity index is 616. The number of benzene rings is 1. The zero-order chi connectivity index (χ0) is 14.9. The maximum atomic E-state index is 11.8. The Hall–Kier alpha value is -2.14. The first-order valence-corrected chi connectivity index (χ1v) is 7.27. The molecule has 0 unspecified atom stereocenters. The molecule has 5 heteroatoms. The molecule has 3 rings (SSSR count). The van der Waals surface area contributed by atoms with Gasteiger partial charge >= 0.3 is 5.91 Å². The van der Waals surface area contributed by atoms with Gasteiger partial charge in [0.25, 0.3) is 0 Å². The first kappa shape index (κ1) is 13.8. The molecule has 1 spiro atoms. The van der Waals surface area contributed by atoms with Gasteiger partial charge in [-0.15, -0.1) is 0 Å². The second-order valence-electron chi connectivity index (χ2n) is 5.84. The summed E-state index contributed by atoms with van der Waals surface area (Å²) in [7, 11) is 0. The minimum absolute atomic E-state index is 0.0274. The molecule has 1 heterocycles. The highest BCUT2D eigenvalue weighted by atomic mass is 16.2. The van der Waals surface area contributed by atoms with Crippen LogP contribution in [-0.4, -0.2) is 17.2 Å². The Morgan fingerprint density at radius 1 is 1.24 bits per heavy atom. The Kier molecular flexibility index (Phi) is 3.51. The van der Waals surface area contributed by atoms with Gasteiger partial charge in [0, 0.05) is 22.9 Å². The average molecular weight is 285 g/mol. The van der Waals surface area contributed by atoms with Crippen molar-refractivity contribution in [2.45, 2.75) is 37.6 Å². The zero-order valence-electron chi connectivity index (χ0n) is 11.8. The van der Waals surface area contributed by atoms with Gasteiger partial charge < -0.3 is 5.32 Å². The molecule has 1 aliphatic carbocycles. The highest BCUT2D eigenvalue weighted by Gasteiger charge is 2.38. The van der Waals surface area contributed by atoms with Gasteiger partial charge in [0.15, 0.2) is 0 Å². The van der Waals surface area contributed by atoms with Crippen molar-refractivity contribution < 1.29 is 9.59 Å². The van der Waals surface area contributed by atoms with E-state index in [9.17, 15) is 9.59 Å². The van der Waals surface area contributed by atoms with E-state index in [2.05, 4.69) is 11.4 Å². The van der Waals surface area contributed by atoms with Crippen LogP contribution in [0.2, 0.25) is 0 Å². The smallest absolute Gasteiger partial charge is 0.305 e. The molecule has 0 radical (unpaired) electrons. The molecule has 21 heavy (non-hydrogen) atoms. The summed E-state index contributed by atoms with van der Waals surface area (Å²) in [6, 6.07) is 8.02. The number of hydrogen-bond acceptors (Lipinski definition) is 4.